The smallest absolute Gasteiger partial charge is 0.133 e. The zero-order valence-electron chi connectivity index (χ0n) is 18.2. The fourth-order valence-electron chi connectivity index (χ4n) is 3.58. The van der Waals surface area contributed by atoms with Crippen molar-refractivity contribution in [3.05, 3.63) is 0 Å². The molecule has 0 bridgehead atoms. The summed E-state index contributed by atoms with van der Waals surface area (Å²) in [5, 5.41) is 20.0. The van der Waals surface area contributed by atoms with Crippen molar-refractivity contribution in [1.82, 2.24) is 4.90 Å². The molecule has 0 radical (unpaired) electrons. The lowest BCUT2D eigenvalue weighted by molar-refractivity contribution is -0.0767. The minimum atomic E-state index is -0.705. The molecule has 0 spiro atoms. The van der Waals surface area contributed by atoms with Crippen LogP contribution < -0.4 is 0 Å². The van der Waals surface area contributed by atoms with E-state index in [1.165, 1.54) is 89.9 Å². The molecule has 2 atom stereocenters. The van der Waals surface area contributed by atoms with Crippen LogP contribution in [0.15, 0.2) is 0 Å². The van der Waals surface area contributed by atoms with Crippen LogP contribution in [-0.2, 0) is 0 Å². The van der Waals surface area contributed by atoms with Crippen LogP contribution >= 0.6 is 0 Å². The molecule has 0 aliphatic carbocycles. The van der Waals surface area contributed by atoms with Gasteiger partial charge in [0.2, 0.25) is 0 Å². The van der Waals surface area contributed by atoms with E-state index in [1.54, 1.807) is 6.92 Å². The lowest BCUT2D eigenvalue weighted by Gasteiger charge is -2.29. The normalized spacial score (nSPS) is 14.1. The van der Waals surface area contributed by atoms with Crippen LogP contribution in [0.3, 0.4) is 0 Å². The van der Waals surface area contributed by atoms with Gasteiger partial charge in [-0.2, -0.15) is 0 Å². The standard InChI is InChI=1S/C23H49NO2/c1-4-6-8-10-12-14-16-18-20-24(23(26)22(3)25)21-19-17-15-13-11-9-7-5-2/h22-23,25-26H,4-21H2,1-3H3. The molecular formula is C23H49NO2. The molecule has 158 valence electrons. The predicted octanol–water partition coefficient (Wildman–Crippen LogP) is 6.27. The van der Waals surface area contributed by atoms with Crippen molar-refractivity contribution in [3.8, 4) is 0 Å². The van der Waals surface area contributed by atoms with Gasteiger partial charge >= 0.3 is 0 Å². The van der Waals surface area contributed by atoms with Crippen LogP contribution in [0.25, 0.3) is 0 Å². The first kappa shape index (κ1) is 25.9. The predicted molar refractivity (Wildman–Crippen MR) is 114 cm³/mol. The summed E-state index contributed by atoms with van der Waals surface area (Å²) in [5.74, 6) is 0. The van der Waals surface area contributed by atoms with Crippen molar-refractivity contribution in [2.24, 2.45) is 0 Å². The summed E-state index contributed by atoms with van der Waals surface area (Å²) < 4.78 is 0. The summed E-state index contributed by atoms with van der Waals surface area (Å²) in [6, 6.07) is 0. The summed E-state index contributed by atoms with van der Waals surface area (Å²) in [6.45, 7) is 8.04. The zero-order chi connectivity index (χ0) is 19.5. The molecule has 0 fully saturated rings. The summed E-state index contributed by atoms with van der Waals surface area (Å²) in [6.07, 6.45) is 19.5. The van der Waals surface area contributed by atoms with Gasteiger partial charge in [-0.25, -0.2) is 0 Å². The third-order valence-electron chi connectivity index (χ3n) is 5.40. The zero-order valence-corrected chi connectivity index (χ0v) is 18.2. The fourth-order valence-corrected chi connectivity index (χ4v) is 3.58. The highest BCUT2D eigenvalue weighted by Crippen LogP contribution is 2.13. The molecule has 0 aliphatic rings. The topological polar surface area (TPSA) is 43.7 Å². The Morgan fingerprint density at radius 1 is 0.538 bits per heavy atom. The first-order chi connectivity index (χ1) is 12.6. The van der Waals surface area contributed by atoms with Gasteiger partial charge in [0.25, 0.3) is 0 Å². The van der Waals surface area contributed by atoms with Crippen LogP contribution in [0.2, 0.25) is 0 Å². The second kappa shape index (κ2) is 19.6. The van der Waals surface area contributed by atoms with Crippen LogP contribution in [0.4, 0.5) is 0 Å². The number of aliphatic hydroxyl groups excluding tert-OH is 2. The van der Waals surface area contributed by atoms with Crippen molar-refractivity contribution in [1.29, 1.82) is 0 Å². The molecule has 0 aliphatic heterocycles. The van der Waals surface area contributed by atoms with E-state index in [0.717, 1.165) is 25.9 Å². The van der Waals surface area contributed by atoms with E-state index in [2.05, 4.69) is 18.7 Å². The molecule has 3 nitrogen and oxygen atoms in total. The first-order valence-corrected chi connectivity index (χ1v) is 11.7. The maximum atomic E-state index is 10.3. The van der Waals surface area contributed by atoms with Crippen molar-refractivity contribution >= 4 is 0 Å². The molecule has 2 N–H and O–H groups in total. The lowest BCUT2D eigenvalue weighted by atomic mass is 10.1. The molecule has 0 aromatic carbocycles. The Hall–Kier alpha value is -0.120. The van der Waals surface area contributed by atoms with E-state index in [4.69, 9.17) is 0 Å². The van der Waals surface area contributed by atoms with Crippen molar-refractivity contribution in [2.45, 2.75) is 136 Å². The molecule has 26 heavy (non-hydrogen) atoms. The summed E-state index contributed by atoms with van der Waals surface area (Å²) >= 11 is 0. The molecule has 0 aromatic heterocycles. The van der Waals surface area contributed by atoms with Crippen molar-refractivity contribution < 1.29 is 10.2 Å². The van der Waals surface area contributed by atoms with E-state index >= 15 is 0 Å². The Morgan fingerprint density at radius 3 is 1.15 bits per heavy atom. The first-order valence-electron chi connectivity index (χ1n) is 11.7. The van der Waals surface area contributed by atoms with E-state index in [-0.39, 0.29) is 0 Å². The summed E-state index contributed by atoms with van der Waals surface area (Å²) in [5.41, 5.74) is 0. The quantitative estimate of drug-likeness (QED) is 0.196. The van der Waals surface area contributed by atoms with Crippen molar-refractivity contribution in [2.75, 3.05) is 13.1 Å². The molecule has 0 heterocycles. The SMILES string of the molecule is CCCCCCCCCCN(CCCCCCCCCC)C(O)C(C)O. The van der Waals surface area contributed by atoms with Crippen LogP contribution in [0.1, 0.15) is 124 Å². The fraction of sp³-hybridized carbons (Fsp3) is 1.00. The molecule has 0 aromatic rings. The summed E-state index contributed by atoms with van der Waals surface area (Å²) in [4.78, 5) is 2.10. The number of unbranched alkanes of at least 4 members (excludes halogenated alkanes) is 14. The van der Waals surface area contributed by atoms with Gasteiger partial charge in [-0.05, 0) is 19.8 Å². The van der Waals surface area contributed by atoms with Gasteiger partial charge in [-0.1, -0.05) is 104 Å². The van der Waals surface area contributed by atoms with E-state index in [0.29, 0.717) is 0 Å². The average molecular weight is 372 g/mol. The number of rotatable bonds is 20. The highest BCUT2D eigenvalue weighted by atomic mass is 16.3. The summed E-state index contributed by atoms with van der Waals surface area (Å²) in [7, 11) is 0. The van der Waals surface area contributed by atoms with Crippen LogP contribution in [0, 0.1) is 0 Å². The monoisotopic (exact) mass is 371 g/mol. The Balaban J connectivity index is 3.78. The minimum Gasteiger partial charge on any atom is -0.389 e. The molecular weight excluding hydrogens is 322 g/mol. The van der Waals surface area contributed by atoms with E-state index in [1.807, 2.05) is 0 Å². The van der Waals surface area contributed by atoms with Gasteiger partial charge in [0.15, 0.2) is 0 Å². The second-order valence-corrected chi connectivity index (χ2v) is 8.14. The van der Waals surface area contributed by atoms with E-state index in [9.17, 15) is 10.2 Å². The van der Waals surface area contributed by atoms with Gasteiger partial charge in [0, 0.05) is 13.1 Å². The van der Waals surface area contributed by atoms with Crippen molar-refractivity contribution in [3.63, 3.8) is 0 Å². The minimum absolute atomic E-state index is 0.668. The molecule has 0 rings (SSSR count). The highest BCUT2D eigenvalue weighted by Gasteiger charge is 2.19. The second-order valence-electron chi connectivity index (χ2n) is 8.14. The Morgan fingerprint density at radius 2 is 0.846 bits per heavy atom. The van der Waals surface area contributed by atoms with Gasteiger partial charge in [0.05, 0.1) is 6.10 Å². The molecule has 3 heteroatoms. The Kier molecular flexibility index (Phi) is 19.5. The Labute approximate surface area is 164 Å². The molecule has 0 saturated heterocycles. The van der Waals surface area contributed by atoms with Gasteiger partial charge in [-0.3, -0.25) is 4.90 Å². The van der Waals surface area contributed by atoms with Gasteiger partial charge in [0.1, 0.15) is 6.23 Å². The number of aliphatic hydroxyl groups is 2. The average Bonchev–Trinajstić information content (AvgIpc) is 2.63. The largest absolute Gasteiger partial charge is 0.389 e. The lowest BCUT2D eigenvalue weighted by Crippen LogP contribution is -2.43. The maximum absolute atomic E-state index is 10.3. The number of hydrogen-bond donors (Lipinski definition) is 2. The molecule has 2 unspecified atom stereocenters. The van der Waals surface area contributed by atoms with Gasteiger partial charge in [-0.15, -0.1) is 0 Å². The van der Waals surface area contributed by atoms with Crippen LogP contribution in [0.5, 0.6) is 0 Å². The highest BCUT2D eigenvalue weighted by molar-refractivity contribution is 4.67. The Bertz CT molecular complexity index is 251. The maximum Gasteiger partial charge on any atom is 0.133 e. The molecule has 0 amide bonds. The number of nitrogens with zero attached hydrogens (tertiary/aromatic N) is 1. The van der Waals surface area contributed by atoms with Gasteiger partial charge < -0.3 is 10.2 Å². The third kappa shape index (κ3) is 16.1. The third-order valence-corrected chi connectivity index (χ3v) is 5.40. The molecule has 0 saturated carbocycles. The van der Waals surface area contributed by atoms with Crippen LogP contribution in [-0.4, -0.2) is 40.5 Å². The van der Waals surface area contributed by atoms with E-state index < -0.39 is 12.3 Å². The number of hydrogen-bond acceptors (Lipinski definition) is 3.